The fraction of sp³-hybridized carbons (Fsp3) is 0.400. The second-order valence-corrected chi connectivity index (χ2v) is 3.39. The third-order valence-electron chi connectivity index (χ3n) is 1.95. The highest BCUT2D eigenvalue weighted by Gasteiger charge is 2.08. The highest BCUT2D eigenvalue weighted by Crippen LogP contribution is 2.20. The van der Waals surface area contributed by atoms with Gasteiger partial charge in [-0.25, -0.2) is 4.98 Å². The van der Waals surface area contributed by atoms with E-state index in [1.807, 2.05) is 13.0 Å². The average Bonchev–Trinajstić information content (AvgIpc) is 2.07. The molecule has 0 aromatic carbocycles. The predicted molar refractivity (Wildman–Crippen MR) is 52.2 cm³/mol. The minimum absolute atomic E-state index is 0.330. The number of rotatable bonds is 1. The van der Waals surface area contributed by atoms with Crippen molar-refractivity contribution in [3.8, 4) is 6.07 Å². The number of nitrogens with zero attached hydrogens (tertiary/aromatic N) is 2. The topological polar surface area (TPSA) is 62.7 Å². The quantitative estimate of drug-likeness (QED) is 0.709. The minimum atomic E-state index is 0.330. The van der Waals surface area contributed by atoms with Gasteiger partial charge in [-0.1, -0.05) is 13.8 Å². The molecule has 0 radical (unpaired) electrons. The molecule has 0 aliphatic rings. The van der Waals surface area contributed by atoms with Gasteiger partial charge >= 0.3 is 0 Å². The monoisotopic (exact) mass is 175 g/mol. The van der Waals surface area contributed by atoms with Crippen LogP contribution in [0.1, 0.15) is 36.6 Å². The lowest BCUT2D eigenvalue weighted by molar-refractivity contribution is 0.813. The Balaban J connectivity index is 3.31. The van der Waals surface area contributed by atoms with Crippen molar-refractivity contribution >= 4 is 5.82 Å². The van der Waals surface area contributed by atoms with Crippen molar-refractivity contribution in [2.75, 3.05) is 5.73 Å². The lowest BCUT2D eigenvalue weighted by atomic mass is 10.0. The van der Waals surface area contributed by atoms with Crippen molar-refractivity contribution < 1.29 is 0 Å². The normalized spacial score (nSPS) is 10.1. The smallest absolute Gasteiger partial charge is 0.141 e. The van der Waals surface area contributed by atoms with Gasteiger partial charge in [-0.3, -0.25) is 0 Å². The van der Waals surface area contributed by atoms with Crippen LogP contribution in [0.3, 0.4) is 0 Å². The fourth-order valence-electron chi connectivity index (χ4n) is 1.32. The van der Waals surface area contributed by atoms with Crippen molar-refractivity contribution in [2.45, 2.75) is 26.7 Å². The number of aryl methyl sites for hydroxylation is 1. The molecular weight excluding hydrogens is 162 g/mol. The summed E-state index contributed by atoms with van der Waals surface area (Å²) in [5, 5.41) is 8.70. The Hall–Kier alpha value is -1.56. The highest BCUT2D eigenvalue weighted by molar-refractivity contribution is 5.51. The Kier molecular flexibility index (Phi) is 2.52. The first-order chi connectivity index (χ1) is 6.06. The molecule has 0 amide bonds. The minimum Gasteiger partial charge on any atom is -0.383 e. The number of hydrogen-bond acceptors (Lipinski definition) is 3. The number of aromatic nitrogens is 1. The molecule has 2 N–H and O–H groups in total. The second kappa shape index (κ2) is 3.44. The highest BCUT2D eigenvalue weighted by atomic mass is 14.8. The lowest BCUT2D eigenvalue weighted by Crippen LogP contribution is -2.03. The average molecular weight is 175 g/mol. The number of pyridine rings is 1. The second-order valence-electron chi connectivity index (χ2n) is 3.39. The molecule has 0 fully saturated rings. The van der Waals surface area contributed by atoms with Gasteiger partial charge in [0.05, 0.1) is 5.56 Å². The van der Waals surface area contributed by atoms with Crippen LogP contribution in [-0.4, -0.2) is 4.98 Å². The molecule has 0 unspecified atom stereocenters. The van der Waals surface area contributed by atoms with Gasteiger partial charge < -0.3 is 5.73 Å². The third-order valence-corrected chi connectivity index (χ3v) is 1.95. The van der Waals surface area contributed by atoms with Gasteiger partial charge in [0.15, 0.2) is 0 Å². The molecule has 0 saturated heterocycles. The molecule has 0 bridgehead atoms. The Morgan fingerprint density at radius 3 is 2.62 bits per heavy atom. The molecular formula is C10H13N3. The van der Waals surface area contributed by atoms with Gasteiger partial charge in [-0.2, -0.15) is 5.26 Å². The predicted octanol–water partition coefficient (Wildman–Crippen LogP) is 1.97. The summed E-state index contributed by atoms with van der Waals surface area (Å²) in [7, 11) is 0. The van der Waals surface area contributed by atoms with E-state index in [0.29, 0.717) is 17.3 Å². The lowest BCUT2D eigenvalue weighted by Gasteiger charge is -2.09. The van der Waals surface area contributed by atoms with E-state index < -0.39 is 0 Å². The molecule has 13 heavy (non-hydrogen) atoms. The Bertz CT molecular complexity index is 361. The SMILES string of the molecule is Cc1cc(C#N)c(N)nc1C(C)C. The van der Waals surface area contributed by atoms with E-state index in [-0.39, 0.29) is 0 Å². The van der Waals surface area contributed by atoms with Crippen LogP contribution >= 0.6 is 0 Å². The van der Waals surface area contributed by atoms with Crippen LogP contribution in [0.5, 0.6) is 0 Å². The fourth-order valence-corrected chi connectivity index (χ4v) is 1.32. The van der Waals surface area contributed by atoms with Gasteiger partial charge in [0, 0.05) is 5.69 Å². The molecule has 1 heterocycles. The number of nitrogen functional groups attached to an aromatic ring is 1. The van der Waals surface area contributed by atoms with Crippen LogP contribution in [0.4, 0.5) is 5.82 Å². The Morgan fingerprint density at radius 2 is 2.15 bits per heavy atom. The van der Waals surface area contributed by atoms with E-state index in [0.717, 1.165) is 11.3 Å². The zero-order valence-electron chi connectivity index (χ0n) is 8.13. The molecule has 1 aromatic rings. The van der Waals surface area contributed by atoms with Crippen LogP contribution in [0.25, 0.3) is 0 Å². The van der Waals surface area contributed by atoms with Crippen molar-refractivity contribution in [1.82, 2.24) is 4.98 Å². The maximum Gasteiger partial charge on any atom is 0.141 e. The van der Waals surface area contributed by atoms with E-state index in [9.17, 15) is 0 Å². The third kappa shape index (κ3) is 1.78. The zero-order chi connectivity index (χ0) is 10.0. The van der Waals surface area contributed by atoms with Gasteiger partial charge in [-0.05, 0) is 24.5 Å². The summed E-state index contributed by atoms with van der Waals surface area (Å²) < 4.78 is 0. The van der Waals surface area contributed by atoms with Crippen molar-refractivity contribution in [2.24, 2.45) is 0 Å². The van der Waals surface area contributed by atoms with E-state index in [1.165, 1.54) is 0 Å². The van der Waals surface area contributed by atoms with Crippen molar-refractivity contribution in [3.63, 3.8) is 0 Å². The van der Waals surface area contributed by atoms with Gasteiger partial charge in [-0.15, -0.1) is 0 Å². The first-order valence-electron chi connectivity index (χ1n) is 4.23. The van der Waals surface area contributed by atoms with Crippen molar-refractivity contribution in [1.29, 1.82) is 5.26 Å². The van der Waals surface area contributed by atoms with Crippen LogP contribution in [0, 0.1) is 18.3 Å². The molecule has 0 aliphatic heterocycles. The van der Waals surface area contributed by atoms with Crippen LogP contribution in [0.2, 0.25) is 0 Å². The van der Waals surface area contributed by atoms with E-state index in [4.69, 9.17) is 11.0 Å². The van der Waals surface area contributed by atoms with Gasteiger partial charge in [0.25, 0.3) is 0 Å². The van der Waals surface area contributed by atoms with E-state index in [1.54, 1.807) is 6.07 Å². The Labute approximate surface area is 78.2 Å². The maximum absolute atomic E-state index is 8.70. The van der Waals surface area contributed by atoms with E-state index in [2.05, 4.69) is 18.8 Å². The summed E-state index contributed by atoms with van der Waals surface area (Å²) in [4.78, 5) is 4.20. The molecule has 3 heteroatoms. The summed E-state index contributed by atoms with van der Waals surface area (Å²) in [5.74, 6) is 0.673. The summed E-state index contributed by atoms with van der Waals surface area (Å²) in [6.07, 6.45) is 0. The zero-order valence-corrected chi connectivity index (χ0v) is 8.13. The molecule has 1 aromatic heterocycles. The Morgan fingerprint density at radius 1 is 1.54 bits per heavy atom. The number of nitriles is 1. The van der Waals surface area contributed by atoms with Gasteiger partial charge in [0.2, 0.25) is 0 Å². The number of hydrogen-bond donors (Lipinski definition) is 1. The van der Waals surface area contributed by atoms with Gasteiger partial charge in [0.1, 0.15) is 11.9 Å². The summed E-state index contributed by atoms with van der Waals surface area (Å²) in [6.45, 7) is 6.06. The molecule has 1 rings (SSSR count). The van der Waals surface area contributed by atoms with E-state index >= 15 is 0 Å². The first-order valence-corrected chi connectivity index (χ1v) is 4.23. The molecule has 0 atom stereocenters. The summed E-state index contributed by atoms with van der Waals surface area (Å²) in [5.41, 5.74) is 8.06. The molecule has 0 spiro atoms. The maximum atomic E-state index is 8.70. The van der Waals surface area contributed by atoms with Crippen LogP contribution in [0.15, 0.2) is 6.07 Å². The number of nitrogens with two attached hydrogens (primary N) is 1. The summed E-state index contributed by atoms with van der Waals surface area (Å²) >= 11 is 0. The van der Waals surface area contributed by atoms with Crippen LogP contribution < -0.4 is 5.73 Å². The van der Waals surface area contributed by atoms with Crippen molar-refractivity contribution in [3.05, 3.63) is 22.9 Å². The molecule has 0 saturated carbocycles. The molecule has 68 valence electrons. The first kappa shape index (κ1) is 9.53. The van der Waals surface area contributed by atoms with Crippen LogP contribution in [-0.2, 0) is 0 Å². The molecule has 0 aliphatic carbocycles. The largest absolute Gasteiger partial charge is 0.383 e. The summed E-state index contributed by atoms with van der Waals surface area (Å²) in [6, 6.07) is 3.80. The number of anilines is 1. The standard InChI is InChI=1S/C10H13N3/c1-6(2)9-7(3)4-8(5-11)10(12)13-9/h4,6H,1-3H3,(H2,12,13). The molecule has 3 nitrogen and oxygen atoms in total.